The van der Waals surface area contributed by atoms with Crippen LogP contribution in [0.4, 0.5) is 0 Å². The van der Waals surface area contributed by atoms with Gasteiger partial charge in [0.2, 0.25) is 5.91 Å². The average Bonchev–Trinajstić information content (AvgIpc) is 3.43. The predicted molar refractivity (Wildman–Crippen MR) is 88.1 cm³/mol. The van der Waals surface area contributed by atoms with Crippen LogP contribution in [0.2, 0.25) is 0 Å². The second-order valence-corrected chi connectivity index (χ2v) is 7.36. The molecule has 0 atom stereocenters. The lowest BCUT2D eigenvalue weighted by Crippen LogP contribution is -2.26. The zero-order valence-electron chi connectivity index (χ0n) is 13.4. The lowest BCUT2D eigenvalue weighted by molar-refractivity contribution is -0.118. The molecule has 0 aromatic carbocycles. The second kappa shape index (κ2) is 7.49. The number of aromatic nitrogens is 3. The molecule has 1 aromatic heterocycles. The number of thioether (sulfide) groups is 1. The first kappa shape index (κ1) is 15.8. The number of nitrogens with one attached hydrogen (secondary N) is 1. The van der Waals surface area contributed by atoms with E-state index < -0.39 is 0 Å². The molecule has 6 heteroatoms. The van der Waals surface area contributed by atoms with E-state index in [2.05, 4.69) is 27.0 Å². The molecule has 2 saturated carbocycles. The van der Waals surface area contributed by atoms with Gasteiger partial charge in [-0.2, -0.15) is 0 Å². The van der Waals surface area contributed by atoms with Crippen molar-refractivity contribution in [3.05, 3.63) is 5.82 Å². The van der Waals surface area contributed by atoms with Gasteiger partial charge in [0, 0.05) is 18.5 Å². The number of unbranched alkanes of at least 4 members (excludes halogenated alkanes) is 3. The Morgan fingerprint density at radius 1 is 1.23 bits per heavy atom. The molecular weight excluding hydrogens is 296 g/mol. The maximum Gasteiger partial charge on any atom is 0.230 e. The van der Waals surface area contributed by atoms with Crippen LogP contribution in [0.3, 0.4) is 0 Å². The Labute approximate surface area is 136 Å². The van der Waals surface area contributed by atoms with Crippen LogP contribution in [-0.2, 0) is 4.79 Å². The predicted octanol–water partition coefficient (Wildman–Crippen LogP) is 3.28. The van der Waals surface area contributed by atoms with E-state index in [0.29, 0.717) is 17.7 Å². The topological polar surface area (TPSA) is 59.8 Å². The van der Waals surface area contributed by atoms with Crippen molar-refractivity contribution in [2.24, 2.45) is 0 Å². The van der Waals surface area contributed by atoms with Crippen LogP contribution >= 0.6 is 11.8 Å². The van der Waals surface area contributed by atoms with E-state index in [-0.39, 0.29) is 5.91 Å². The Morgan fingerprint density at radius 3 is 2.73 bits per heavy atom. The van der Waals surface area contributed by atoms with Gasteiger partial charge in [-0.05, 0) is 32.1 Å². The molecule has 1 aromatic rings. The normalized spacial score (nSPS) is 17.7. The summed E-state index contributed by atoms with van der Waals surface area (Å²) in [6.45, 7) is 2.99. The molecule has 3 rings (SSSR count). The summed E-state index contributed by atoms with van der Waals surface area (Å²) >= 11 is 1.54. The van der Waals surface area contributed by atoms with Gasteiger partial charge in [-0.25, -0.2) is 0 Å². The Hall–Kier alpha value is -1.04. The van der Waals surface area contributed by atoms with Gasteiger partial charge in [0.1, 0.15) is 5.82 Å². The Bertz CT molecular complexity index is 508. The fraction of sp³-hybridized carbons (Fsp3) is 0.812. The van der Waals surface area contributed by atoms with E-state index in [1.165, 1.54) is 56.7 Å². The quantitative estimate of drug-likeness (QED) is 0.530. The molecular formula is C16H26N4OS. The number of rotatable bonds is 10. The standard InChI is InChI=1S/C16H26N4OS/c1-2-3-4-5-10-17-14(21)11-22-16-19-18-15(12-6-7-12)20(16)13-8-9-13/h12-13H,2-11H2,1H3,(H,17,21). The van der Waals surface area contributed by atoms with E-state index in [4.69, 9.17) is 0 Å². The first-order chi connectivity index (χ1) is 10.8. The third-order valence-corrected chi connectivity index (χ3v) is 5.17. The van der Waals surface area contributed by atoms with Crippen molar-refractivity contribution in [1.29, 1.82) is 0 Å². The van der Waals surface area contributed by atoms with Crippen LogP contribution in [-0.4, -0.2) is 33.0 Å². The molecule has 1 amide bonds. The molecule has 2 aliphatic rings. The molecule has 5 nitrogen and oxygen atoms in total. The van der Waals surface area contributed by atoms with Crippen molar-refractivity contribution >= 4 is 17.7 Å². The lowest BCUT2D eigenvalue weighted by Gasteiger charge is -2.08. The maximum atomic E-state index is 11.9. The fourth-order valence-corrected chi connectivity index (χ4v) is 3.49. The van der Waals surface area contributed by atoms with Gasteiger partial charge in [-0.15, -0.1) is 10.2 Å². The molecule has 122 valence electrons. The smallest absolute Gasteiger partial charge is 0.230 e. The van der Waals surface area contributed by atoms with Crippen LogP contribution in [0.15, 0.2) is 5.16 Å². The first-order valence-electron chi connectivity index (χ1n) is 8.64. The summed E-state index contributed by atoms with van der Waals surface area (Å²) in [6.07, 6.45) is 9.70. The number of hydrogen-bond donors (Lipinski definition) is 1. The minimum atomic E-state index is 0.111. The largest absolute Gasteiger partial charge is 0.355 e. The Morgan fingerprint density at radius 2 is 2.05 bits per heavy atom. The number of nitrogens with zero attached hydrogens (tertiary/aromatic N) is 3. The Balaban J connectivity index is 1.44. The first-order valence-corrected chi connectivity index (χ1v) is 9.62. The monoisotopic (exact) mass is 322 g/mol. The number of amides is 1. The number of carbonyl (C=O) groups excluding carboxylic acids is 1. The highest BCUT2D eigenvalue weighted by molar-refractivity contribution is 7.99. The van der Waals surface area contributed by atoms with Gasteiger partial charge in [0.15, 0.2) is 5.16 Å². The molecule has 0 radical (unpaired) electrons. The van der Waals surface area contributed by atoms with E-state index in [9.17, 15) is 4.79 Å². The maximum absolute atomic E-state index is 11.9. The van der Waals surface area contributed by atoms with E-state index in [1.54, 1.807) is 0 Å². The highest BCUT2D eigenvalue weighted by atomic mass is 32.2. The van der Waals surface area contributed by atoms with Crippen LogP contribution in [0.5, 0.6) is 0 Å². The van der Waals surface area contributed by atoms with Crippen LogP contribution in [0.25, 0.3) is 0 Å². The van der Waals surface area contributed by atoms with Gasteiger partial charge < -0.3 is 9.88 Å². The molecule has 1 N–H and O–H groups in total. The summed E-state index contributed by atoms with van der Waals surface area (Å²) in [6, 6.07) is 0.588. The van der Waals surface area contributed by atoms with E-state index in [1.807, 2.05) is 0 Å². The van der Waals surface area contributed by atoms with Gasteiger partial charge in [-0.3, -0.25) is 4.79 Å². The van der Waals surface area contributed by atoms with Gasteiger partial charge in [0.05, 0.1) is 5.75 Å². The summed E-state index contributed by atoms with van der Waals surface area (Å²) < 4.78 is 2.30. The molecule has 22 heavy (non-hydrogen) atoms. The van der Waals surface area contributed by atoms with Crippen molar-refractivity contribution in [1.82, 2.24) is 20.1 Å². The Kier molecular flexibility index (Phi) is 5.39. The lowest BCUT2D eigenvalue weighted by atomic mass is 10.2. The zero-order chi connectivity index (χ0) is 15.4. The molecule has 0 unspecified atom stereocenters. The van der Waals surface area contributed by atoms with Crippen molar-refractivity contribution in [2.45, 2.75) is 75.4 Å². The summed E-state index contributed by atoms with van der Waals surface area (Å²) in [5.41, 5.74) is 0. The van der Waals surface area contributed by atoms with Crippen LogP contribution < -0.4 is 5.32 Å². The minimum absolute atomic E-state index is 0.111. The second-order valence-electron chi connectivity index (χ2n) is 6.42. The van der Waals surface area contributed by atoms with Crippen molar-refractivity contribution in [2.75, 3.05) is 12.3 Å². The van der Waals surface area contributed by atoms with Crippen molar-refractivity contribution in [3.63, 3.8) is 0 Å². The molecule has 2 aliphatic carbocycles. The molecule has 0 aliphatic heterocycles. The molecule has 2 fully saturated rings. The third kappa shape index (κ3) is 4.24. The van der Waals surface area contributed by atoms with Crippen LogP contribution in [0, 0.1) is 0 Å². The van der Waals surface area contributed by atoms with E-state index >= 15 is 0 Å². The third-order valence-electron chi connectivity index (χ3n) is 4.23. The SMILES string of the molecule is CCCCCCNC(=O)CSc1nnc(C2CC2)n1C1CC1. The molecule has 0 bridgehead atoms. The van der Waals surface area contributed by atoms with Gasteiger partial charge in [0.25, 0.3) is 0 Å². The highest BCUT2D eigenvalue weighted by Gasteiger charge is 2.36. The van der Waals surface area contributed by atoms with Crippen molar-refractivity contribution in [3.8, 4) is 0 Å². The molecule has 0 spiro atoms. The number of carbonyl (C=O) groups is 1. The summed E-state index contributed by atoms with van der Waals surface area (Å²) in [5, 5.41) is 12.6. The summed E-state index contributed by atoms with van der Waals surface area (Å²) in [7, 11) is 0. The van der Waals surface area contributed by atoms with E-state index in [0.717, 1.165) is 23.9 Å². The van der Waals surface area contributed by atoms with Crippen LogP contribution in [0.1, 0.15) is 76.1 Å². The highest BCUT2D eigenvalue weighted by Crippen LogP contribution is 2.45. The molecule has 1 heterocycles. The van der Waals surface area contributed by atoms with Crippen molar-refractivity contribution < 1.29 is 4.79 Å². The summed E-state index contributed by atoms with van der Waals surface area (Å²) in [4.78, 5) is 11.9. The summed E-state index contributed by atoms with van der Waals surface area (Å²) in [5.74, 6) is 2.34. The average molecular weight is 322 g/mol. The number of hydrogen-bond acceptors (Lipinski definition) is 4. The van der Waals surface area contributed by atoms with Gasteiger partial charge >= 0.3 is 0 Å². The minimum Gasteiger partial charge on any atom is -0.355 e. The fourth-order valence-electron chi connectivity index (χ4n) is 2.64. The van der Waals surface area contributed by atoms with Gasteiger partial charge in [-0.1, -0.05) is 37.9 Å². The molecule has 0 saturated heterocycles. The zero-order valence-corrected chi connectivity index (χ0v) is 14.2.